The quantitative estimate of drug-likeness (QED) is 0.844. The van der Waals surface area contributed by atoms with Gasteiger partial charge in [0.1, 0.15) is 5.82 Å². The molecule has 2 aromatic rings. The molecule has 8 heteroatoms. The molecule has 0 unspecified atom stereocenters. The Balaban J connectivity index is 1.83. The Kier molecular flexibility index (Phi) is 4.71. The molecule has 1 aromatic heterocycles. The SMILES string of the molecule is CCn1cc([C@@H]2CN(S(=O)(=O)c3ccc(F)c(C)c3)CCO2)cn1. The Hall–Kier alpha value is -1.77. The van der Waals surface area contributed by atoms with E-state index in [1.54, 1.807) is 17.8 Å². The monoisotopic (exact) mass is 353 g/mol. The number of aryl methyl sites for hydroxylation is 2. The maximum atomic E-state index is 13.4. The van der Waals surface area contributed by atoms with Gasteiger partial charge in [0, 0.05) is 31.4 Å². The van der Waals surface area contributed by atoms with Crippen LogP contribution in [0.25, 0.3) is 0 Å². The van der Waals surface area contributed by atoms with Crippen LogP contribution in [0.5, 0.6) is 0 Å². The summed E-state index contributed by atoms with van der Waals surface area (Å²) < 4.78 is 47.9. The van der Waals surface area contributed by atoms with Crippen LogP contribution in [0.1, 0.15) is 24.2 Å². The van der Waals surface area contributed by atoms with Gasteiger partial charge in [0.15, 0.2) is 0 Å². The van der Waals surface area contributed by atoms with Crippen LogP contribution < -0.4 is 0 Å². The third kappa shape index (κ3) is 3.22. The van der Waals surface area contributed by atoms with Crippen molar-refractivity contribution in [1.82, 2.24) is 14.1 Å². The molecule has 1 aromatic carbocycles. The predicted octanol–water partition coefficient (Wildman–Crippen LogP) is 2.11. The van der Waals surface area contributed by atoms with Gasteiger partial charge in [-0.3, -0.25) is 4.68 Å². The Bertz CT molecular complexity index is 835. The van der Waals surface area contributed by atoms with Gasteiger partial charge in [0.05, 0.1) is 23.8 Å². The topological polar surface area (TPSA) is 64.4 Å². The fraction of sp³-hybridized carbons (Fsp3) is 0.438. The summed E-state index contributed by atoms with van der Waals surface area (Å²) in [5, 5.41) is 4.20. The molecule has 1 aliphatic rings. The van der Waals surface area contributed by atoms with Gasteiger partial charge in [0.2, 0.25) is 10.0 Å². The number of benzene rings is 1. The zero-order valence-corrected chi connectivity index (χ0v) is 14.5. The normalized spacial score (nSPS) is 19.5. The van der Waals surface area contributed by atoms with Crippen LogP contribution in [0.4, 0.5) is 4.39 Å². The van der Waals surface area contributed by atoms with Crippen LogP contribution in [0.3, 0.4) is 0 Å². The summed E-state index contributed by atoms with van der Waals surface area (Å²) >= 11 is 0. The minimum atomic E-state index is -3.68. The molecule has 6 nitrogen and oxygen atoms in total. The van der Waals surface area contributed by atoms with E-state index in [4.69, 9.17) is 4.74 Å². The van der Waals surface area contributed by atoms with E-state index in [0.717, 1.165) is 12.1 Å². The van der Waals surface area contributed by atoms with Gasteiger partial charge in [-0.05, 0) is 37.6 Å². The van der Waals surface area contributed by atoms with Crippen LogP contribution in [-0.4, -0.2) is 42.2 Å². The molecule has 1 aliphatic heterocycles. The Morgan fingerprint density at radius 1 is 1.42 bits per heavy atom. The third-order valence-electron chi connectivity index (χ3n) is 4.15. The van der Waals surface area contributed by atoms with Gasteiger partial charge >= 0.3 is 0 Å². The number of hydrogen-bond acceptors (Lipinski definition) is 4. The number of halogens is 1. The fourth-order valence-corrected chi connectivity index (χ4v) is 4.20. The first-order valence-corrected chi connectivity index (χ1v) is 9.26. The van der Waals surface area contributed by atoms with E-state index in [2.05, 4.69) is 5.10 Å². The van der Waals surface area contributed by atoms with Crippen molar-refractivity contribution in [2.75, 3.05) is 19.7 Å². The van der Waals surface area contributed by atoms with Crippen molar-refractivity contribution in [2.24, 2.45) is 0 Å². The minimum Gasteiger partial charge on any atom is -0.371 e. The smallest absolute Gasteiger partial charge is 0.243 e. The average molecular weight is 353 g/mol. The van der Waals surface area contributed by atoms with Gasteiger partial charge in [-0.15, -0.1) is 0 Å². The van der Waals surface area contributed by atoms with Crippen LogP contribution in [0.15, 0.2) is 35.5 Å². The minimum absolute atomic E-state index is 0.103. The first kappa shape index (κ1) is 17.1. The molecule has 24 heavy (non-hydrogen) atoms. The molecular weight excluding hydrogens is 333 g/mol. The highest BCUT2D eigenvalue weighted by Crippen LogP contribution is 2.27. The lowest BCUT2D eigenvalue weighted by Crippen LogP contribution is -2.42. The molecule has 3 rings (SSSR count). The van der Waals surface area contributed by atoms with Crippen molar-refractivity contribution >= 4 is 10.0 Å². The maximum absolute atomic E-state index is 13.4. The highest BCUT2D eigenvalue weighted by atomic mass is 32.2. The largest absolute Gasteiger partial charge is 0.371 e. The molecule has 1 saturated heterocycles. The van der Waals surface area contributed by atoms with E-state index in [1.807, 2.05) is 13.1 Å². The number of ether oxygens (including phenoxy) is 1. The second kappa shape index (κ2) is 6.62. The molecule has 0 bridgehead atoms. The summed E-state index contributed by atoms with van der Waals surface area (Å²) in [7, 11) is -3.68. The summed E-state index contributed by atoms with van der Waals surface area (Å²) in [6.45, 7) is 5.07. The maximum Gasteiger partial charge on any atom is 0.243 e. The average Bonchev–Trinajstić information content (AvgIpc) is 3.06. The molecule has 0 amide bonds. The van der Waals surface area contributed by atoms with E-state index < -0.39 is 15.8 Å². The lowest BCUT2D eigenvalue weighted by Gasteiger charge is -2.31. The number of rotatable bonds is 4. The molecule has 0 spiro atoms. The molecule has 0 aliphatic carbocycles. The molecule has 130 valence electrons. The Morgan fingerprint density at radius 3 is 2.88 bits per heavy atom. The second-order valence-electron chi connectivity index (χ2n) is 5.76. The van der Waals surface area contributed by atoms with Gasteiger partial charge in [-0.25, -0.2) is 12.8 Å². The number of aromatic nitrogens is 2. The molecule has 0 radical (unpaired) electrons. The first-order valence-electron chi connectivity index (χ1n) is 7.82. The molecule has 0 saturated carbocycles. The van der Waals surface area contributed by atoms with Gasteiger partial charge in [-0.2, -0.15) is 9.40 Å². The third-order valence-corrected chi connectivity index (χ3v) is 6.01. The lowest BCUT2D eigenvalue weighted by molar-refractivity contribution is -0.00260. The molecule has 1 fully saturated rings. The molecule has 0 N–H and O–H groups in total. The number of hydrogen-bond donors (Lipinski definition) is 0. The van der Waals surface area contributed by atoms with Crippen molar-refractivity contribution in [3.8, 4) is 0 Å². The van der Waals surface area contributed by atoms with Gasteiger partial charge in [0.25, 0.3) is 0 Å². The Labute approximate surface area is 140 Å². The molecule has 1 atom stereocenters. The van der Waals surface area contributed by atoms with Crippen LogP contribution in [-0.2, 0) is 21.3 Å². The van der Waals surface area contributed by atoms with Gasteiger partial charge < -0.3 is 4.74 Å². The summed E-state index contributed by atoms with van der Waals surface area (Å²) in [6.07, 6.45) is 3.21. The highest BCUT2D eigenvalue weighted by Gasteiger charge is 2.32. The summed E-state index contributed by atoms with van der Waals surface area (Å²) in [6, 6.07) is 3.85. The predicted molar refractivity (Wildman–Crippen MR) is 86.5 cm³/mol. The first-order chi connectivity index (χ1) is 11.4. The van der Waals surface area contributed by atoms with E-state index in [-0.39, 0.29) is 24.1 Å². The summed E-state index contributed by atoms with van der Waals surface area (Å²) in [5.41, 5.74) is 1.16. The number of morpholine rings is 1. The van der Waals surface area contributed by atoms with E-state index in [9.17, 15) is 12.8 Å². The molecule has 2 heterocycles. The van der Waals surface area contributed by atoms with Crippen LogP contribution >= 0.6 is 0 Å². The summed E-state index contributed by atoms with van der Waals surface area (Å²) in [5.74, 6) is -0.416. The zero-order chi connectivity index (χ0) is 17.3. The zero-order valence-electron chi connectivity index (χ0n) is 13.6. The van der Waals surface area contributed by atoms with Crippen molar-refractivity contribution in [3.63, 3.8) is 0 Å². The van der Waals surface area contributed by atoms with Crippen molar-refractivity contribution in [3.05, 3.63) is 47.5 Å². The van der Waals surface area contributed by atoms with Gasteiger partial charge in [-0.1, -0.05) is 0 Å². The van der Waals surface area contributed by atoms with Crippen LogP contribution in [0.2, 0.25) is 0 Å². The van der Waals surface area contributed by atoms with Crippen molar-refractivity contribution in [2.45, 2.75) is 31.4 Å². The van der Waals surface area contributed by atoms with Crippen molar-refractivity contribution in [1.29, 1.82) is 0 Å². The second-order valence-corrected chi connectivity index (χ2v) is 7.70. The van der Waals surface area contributed by atoms with Crippen molar-refractivity contribution < 1.29 is 17.5 Å². The lowest BCUT2D eigenvalue weighted by atomic mass is 10.2. The van der Waals surface area contributed by atoms with E-state index >= 15 is 0 Å². The number of sulfonamides is 1. The standard InChI is InChI=1S/C16H20FN3O3S/c1-3-19-10-13(9-18-19)16-11-20(6-7-23-16)24(21,22)14-4-5-15(17)12(2)8-14/h4-5,8-10,16H,3,6-7,11H2,1-2H3/t16-/m0/s1. The summed E-state index contributed by atoms with van der Waals surface area (Å²) in [4.78, 5) is 0.103. The van der Waals surface area contributed by atoms with Crippen LogP contribution in [0, 0.1) is 12.7 Å². The fourth-order valence-electron chi connectivity index (χ4n) is 2.69. The van der Waals surface area contributed by atoms with E-state index in [0.29, 0.717) is 12.2 Å². The molecular formula is C16H20FN3O3S. The highest BCUT2D eigenvalue weighted by molar-refractivity contribution is 7.89. The number of nitrogens with zero attached hydrogens (tertiary/aromatic N) is 3. The van der Waals surface area contributed by atoms with E-state index in [1.165, 1.54) is 22.5 Å². The Morgan fingerprint density at radius 2 is 2.21 bits per heavy atom.